The average Bonchev–Trinajstić information content (AvgIpc) is 3.19. The molecule has 0 saturated heterocycles. The Morgan fingerprint density at radius 1 is 0.857 bits per heavy atom. The van der Waals surface area contributed by atoms with Crippen molar-refractivity contribution in [3.05, 3.63) is 118 Å². The van der Waals surface area contributed by atoms with Crippen LogP contribution in [0.25, 0.3) is 11.1 Å². The molecule has 6 heteroatoms. The molecule has 0 amide bonds. The average molecular weight is 469 g/mol. The highest BCUT2D eigenvalue weighted by atomic mass is 16.4. The third kappa shape index (κ3) is 5.32. The van der Waals surface area contributed by atoms with E-state index in [9.17, 15) is 19.5 Å². The number of unbranched alkanes of at least 4 members (excludes halogenated alkanes) is 2. The normalized spacial score (nSPS) is 10.9. The van der Waals surface area contributed by atoms with E-state index in [4.69, 9.17) is 0 Å². The number of aryl methyl sites for hydroxylation is 1. The topological polar surface area (TPSA) is 81.3 Å². The molecule has 0 spiro atoms. The number of hydrogen-bond acceptors (Lipinski definition) is 3. The lowest BCUT2D eigenvalue weighted by molar-refractivity contribution is 0.0697. The van der Waals surface area contributed by atoms with Crippen molar-refractivity contribution in [1.82, 2.24) is 9.13 Å². The Balaban J connectivity index is 1.65. The number of rotatable bonds is 9. The van der Waals surface area contributed by atoms with Gasteiger partial charge < -0.3 is 5.11 Å². The summed E-state index contributed by atoms with van der Waals surface area (Å²) in [7, 11) is 0. The third-order valence-corrected chi connectivity index (χ3v) is 6.10. The zero-order valence-corrected chi connectivity index (χ0v) is 19.7. The first-order valence-electron chi connectivity index (χ1n) is 11.8. The monoisotopic (exact) mass is 468 g/mol. The first-order chi connectivity index (χ1) is 17.0. The van der Waals surface area contributed by atoms with Gasteiger partial charge in [0.15, 0.2) is 0 Å². The molecule has 0 saturated carbocycles. The maximum absolute atomic E-state index is 13.3. The summed E-state index contributed by atoms with van der Waals surface area (Å²) >= 11 is 0. The molecule has 0 aliphatic rings. The van der Waals surface area contributed by atoms with Gasteiger partial charge in [-0.1, -0.05) is 80.4 Å². The summed E-state index contributed by atoms with van der Waals surface area (Å²) in [5.74, 6) is -1.32. The van der Waals surface area contributed by atoms with Crippen molar-refractivity contribution in [1.29, 1.82) is 0 Å². The molecule has 0 aliphatic heterocycles. The minimum Gasteiger partial charge on any atom is -0.478 e. The smallest absolute Gasteiger partial charge is 0.336 e. The molecule has 0 bridgehead atoms. The predicted molar refractivity (Wildman–Crippen MR) is 136 cm³/mol. The lowest BCUT2D eigenvalue weighted by Crippen LogP contribution is -2.30. The molecule has 0 unspecified atom stereocenters. The minimum absolute atomic E-state index is 0.242. The molecule has 6 nitrogen and oxygen atoms in total. The van der Waals surface area contributed by atoms with Crippen molar-refractivity contribution in [2.75, 3.05) is 0 Å². The molecule has 178 valence electrons. The van der Waals surface area contributed by atoms with Crippen LogP contribution in [0.5, 0.6) is 0 Å². The minimum atomic E-state index is -0.975. The highest BCUT2D eigenvalue weighted by molar-refractivity contribution is 5.96. The second-order valence-electron chi connectivity index (χ2n) is 8.54. The summed E-state index contributed by atoms with van der Waals surface area (Å²) in [6.45, 7) is 2.46. The number of carboxylic acids is 1. The molecule has 3 aromatic carbocycles. The van der Waals surface area contributed by atoms with E-state index in [1.54, 1.807) is 53.2 Å². The molecule has 4 aromatic rings. The Morgan fingerprint density at radius 3 is 2.23 bits per heavy atom. The van der Waals surface area contributed by atoms with Crippen molar-refractivity contribution in [3.63, 3.8) is 0 Å². The Kier molecular flexibility index (Phi) is 7.41. The van der Waals surface area contributed by atoms with Crippen LogP contribution in [0.3, 0.4) is 0 Å². The van der Waals surface area contributed by atoms with Gasteiger partial charge in [-0.3, -0.25) is 9.36 Å². The van der Waals surface area contributed by atoms with E-state index in [2.05, 4.69) is 6.92 Å². The van der Waals surface area contributed by atoms with Crippen LogP contribution in [-0.4, -0.2) is 26.1 Å². The molecule has 4 rings (SSSR count). The van der Waals surface area contributed by atoms with Crippen LogP contribution in [0.15, 0.2) is 89.9 Å². The summed E-state index contributed by atoms with van der Waals surface area (Å²) in [6.07, 6.45) is 5.42. The first-order valence-corrected chi connectivity index (χ1v) is 11.8. The van der Waals surface area contributed by atoms with Crippen molar-refractivity contribution < 1.29 is 14.7 Å². The molecule has 0 atom stereocenters. The Morgan fingerprint density at radius 2 is 1.54 bits per heavy atom. The van der Waals surface area contributed by atoms with Gasteiger partial charge in [-0.2, -0.15) is 0 Å². The number of carbonyl (C=O) groups excluding carboxylic acids is 1. The van der Waals surface area contributed by atoms with E-state index in [0.29, 0.717) is 24.1 Å². The fourth-order valence-corrected chi connectivity index (χ4v) is 4.21. The zero-order chi connectivity index (χ0) is 24.8. The molecule has 1 N–H and O–H groups in total. The molecule has 0 fully saturated rings. The van der Waals surface area contributed by atoms with E-state index < -0.39 is 5.97 Å². The van der Waals surface area contributed by atoms with Crippen molar-refractivity contribution in [3.8, 4) is 11.1 Å². The first kappa shape index (κ1) is 24.0. The third-order valence-electron chi connectivity index (χ3n) is 6.10. The summed E-state index contributed by atoms with van der Waals surface area (Å²) in [4.78, 5) is 37.9. The quantitative estimate of drug-likeness (QED) is 0.330. The van der Waals surface area contributed by atoms with E-state index in [-0.39, 0.29) is 17.2 Å². The second kappa shape index (κ2) is 10.8. The molecule has 0 aliphatic carbocycles. The predicted octanol–water partition coefficient (Wildman–Crippen LogP) is 5.48. The van der Waals surface area contributed by atoms with Gasteiger partial charge >= 0.3 is 11.7 Å². The maximum Gasteiger partial charge on any atom is 0.336 e. The number of imidazole rings is 1. The number of nitrogens with zero attached hydrogens (tertiary/aromatic N) is 2. The van der Waals surface area contributed by atoms with Gasteiger partial charge in [-0.15, -0.1) is 0 Å². The van der Waals surface area contributed by atoms with Gasteiger partial charge in [0.1, 0.15) is 0 Å². The number of carboxylic acid groups (broad SMARTS) is 1. The molecule has 1 heterocycles. The molecular weight excluding hydrogens is 440 g/mol. The summed E-state index contributed by atoms with van der Waals surface area (Å²) < 4.78 is 2.87. The van der Waals surface area contributed by atoms with Gasteiger partial charge in [0.05, 0.1) is 12.1 Å². The number of carbonyl (C=O) groups is 2. The van der Waals surface area contributed by atoms with Crippen LogP contribution in [-0.2, 0) is 13.0 Å². The zero-order valence-electron chi connectivity index (χ0n) is 19.7. The highest BCUT2D eigenvalue weighted by Crippen LogP contribution is 2.24. The SMILES string of the molecule is CCCCCc1cn(C(=O)c2ccccc2)c(=O)n1Cc1ccc(-c2ccccc2C(=O)O)cc1. The summed E-state index contributed by atoms with van der Waals surface area (Å²) in [5.41, 5.74) is 3.51. The van der Waals surface area contributed by atoms with E-state index >= 15 is 0 Å². The van der Waals surface area contributed by atoms with Gasteiger partial charge in [0.2, 0.25) is 0 Å². The van der Waals surface area contributed by atoms with Gasteiger partial charge in [-0.05, 0) is 47.7 Å². The fourth-order valence-electron chi connectivity index (χ4n) is 4.21. The van der Waals surface area contributed by atoms with Crippen LogP contribution in [0, 0.1) is 0 Å². The second-order valence-corrected chi connectivity index (χ2v) is 8.54. The van der Waals surface area contributed by atoms with Crippen LogP contribution in [0.1, 0.15) is 58.2 Å². The van der Waals surface area contributed by atoms with Gasteiger partial charge in [-0.25, -0.2) is 14.2 Å². The van der Waals surface area contributed by atoms with Crippen molar-refractivity contribution >= 4 is 11.9 Å². The van der Waals surface area contributed by atoms with Crippen molar-refractivity contribution in [2.45, 2.75) is 39.2 Å². The maximum atomic E-state index is 13.3. The van der Waals surface area contributed by atoms with Crippen LogP contribution < -0.4 is 5.69 Å². The molecule has 1 aromatic heterocycles. The van der Waals surface area contributed by atoms with Gasteiger partial charge in [0.25, 0.3) is 5.91 Å². The van der Waals surface area contributed by atoms with Crippen LogP contribution in [0.2, 0.25) is 0 Å². The molecule has 35 heavy (non-hydrogen) atoms. The Labute approximate surface area is 204 Å². The Hall–Kier alpha value is -4.19. The van der Waals surface area contributed by atoms with E-state index in [1.807, 2.05) is 36.4 Å². The van der Waals surface area contributed by atoms with Crippen LogP contribution in [0.4, 0.5) is 0 Å². The Bertz CT molecular complexity index is 1380. The van der Waals surface area contributed by atoms with Crippen LogP contribution >= 0.6 is 0 Å². The van der Waals surface area contributed by atoms with E-state index in [1.165, 1.54) is 4.57 Å². The summed E-state index contributed by atoms with van der Waals surface area (Å²) in [6, 6.07) is 23.2. The molecule has 0 radical (unpaired) electrons. The lowest BCUT2D eigenvalue weighted by atomic mass is 9.99. The van der Waals surface area contributed by atoms with Crippen molar-refractivity contribution in [2.24, 2.45) is 0 Å². The standard InChI is InChI=1S/C29H28N2O4/c1-2-3-5-12-24-20-31(27(32)23-10-6-4-7-11-23)29(35)30(24)19-21-15-17-22(18-16-21)25-13-8-9-14-26(25)28(33)34/h4,6-11,13-18,20H,2-3,5,12,19H2,1H3,(H,33,34). The largest absolute Gasteiger partial charge is 0.478 e. The summed E-state index contributed by atoms with van der Waals surface area (Å²) in [5, 5.41) is 9.49. The highest BCUT2D eigenvalue weighted by Gasteiger charge is 2.18. The van der Waals surface area contributed by atoms with E-state index in [0.717, 1.165) is 36.1 Å². The fraction of sp³-hybridized carbons (Fsp3) is 0.207. The number of benzene rings is 3. The number of aromatic nitrogens is 2. The number of hydrogen-bond donors (Lipinski definition) is 1. The number of aromatic carboxylic acids is 1. The lowest BCUT2D eigenvalue weighted by Gasteiger charge is -2.10. The van der Waals surface area contributed by atoms with Gasteiger partial charge in [0, 0.05) is 17.5 Å². The molecular formula is C29H28N2O4.